The molecule has 0 radical (unpaired) electrons. The number of nitrogens with zero attached hydrogens (tertiary/aromatic N) is 1. The van der Waals surface area contributed by atoms with Gasteiger partial charge in [0.15, 0.2) is 0 Å². The van der Waals surface area contributed by atoms with Crippen LogP contribution >= 0.6 is 0 Å². The van der Waals surface area contributed by atoms with Gasteiger partial charge in [-0.15, -0.1) is 6.58 Å². The van der Waals surface area contributed by atoms with Gasteiger partial charge in [-0.25, -0.2) is 0 Å². The van der Waals surface area contributed by atoms with Crippen LogP contribution in [0, 0.1) is 13.8 Å². The van der Waals surface area contributed by atoms with Crippen LogP contribution in [0.15, 0.2) is 36.9 Å². The van der Waals surface area contributed by atoms with Gasteiger partial charge in [0.2, 0.25) is 0 Å². The summed E-state index contributed by atoms with van der Waals surface area (Å²) in [5, 5.41) is 0. The summed E-state index contributed by atoms with van der Waals surface area (Å²) < 4.78 is 2.17. The summed E-state index contributed by atoms with van der Waals surface area (Å²) >= 11 is 0. The number of carbonyl (C=O) groups excluding carboxylic acids is 1. The lowest BCUT2D eigenvalue weighted by Crippen LogP contribution is -2.13. The van der Waals surface area contributed by atoms with Crippen LogP contribution in [-0.2, 0) is 13.0 Å². The minimum atomic E-state index is -0.365. The molecule has 0 unspecified atom stereocenters. The van der Waals surface area contributed by atoms with Crippen molar-refractivity contribution in [3.8, 4) is 11.1 Å². The van der Waals surface area contributed by atoms with E-state index in [9.17, 15) is 4.79 Å². The van der Waals surface area contributed by atoms with Gasteiger partial charge >= 0.3 is 0 Å². The first-order valence-electron chi connectivity index (χ1n) is 7.71. The molecule has 0 aliphatic rings. The van der Waals surface area contributed by atoms with Crippen LogP contribution in [0.25, 0.3) is 11.1 Å². The standard InChI is InChI=1S/C19H24N2O/c1-5-9-16-18(15-11-8-7-10-13(15)3)17(19(20)22)14(4)21(16)12-6-2/h6-8,10-11H,2,5,9,12H2,1,3-4H3,(H2,20,22). The van der Waals surface area contributed by atoms with Gasteiger partial charge in [-0.05, 0) is 31.4 Å². The van der Waals surface area contributed by atoms with Crippen molar-refractivity contribution in [1.82, 2.24) is 4.57 Å². The first kappa shape index (κ1) is 16.1. The second kappa shape index (κ2) is 6.65. The smallest absolute Gasteiger partial charge is 0.251 e. The van der Waals surface area contributed by atoms with Crippen molar-refractivity contribution < 1.29 is 4.79 Å². The Balaban J connectivity index is 2.85. The lowest BCUT2D eigenvalue weighted by molar-refractivity contribution is 0.1000. The third kappa shape index (κ3) is 2.71. The topological polar surface area (TPSA) is 48.0 Å². The number of aryl methyl sites for hydroxylation is 1. The molecule has 1 heterocycles. The normalized spacial score (nSPS) is 10.7. The average Bonchev–Trinajstić information content (AvgIpc) is 2.74. The Hall–Kier alpha value is -2.29. The number of aromatic nitrogens is 1. The monoisotopic (exact) mass is 296 g/mol. The highest BCUT2D eigenvalue weighted by atomic mass is 16.1. The SMILES string of the molecule is C=CCn1c(C)c(C(N)=O)c(-c2ccccc2C)c1CCC. The van der Waals surface area contributed by atoms with E-state index in [0.29, 0.717) is 12.1 Å². The highest BCUT2D eigenvalue weighted by molar-refractivity contribution is 6.02. The Bertz CT molecular complexity index is 710. The molecule has 22 heavy (non-hydrogen) atoms. The van der Waals surface area contributed by atoms with E-state index in [1.165, 1.54) is 5.69 Å². The number of amides is 1. The molecule has 0 atom stereocenters. The zero-order valence-electron chi connectivity index (χ0n) is 13.6. The van der Waals surface area contributed by atoms with Gasteiger partial charge in [-0.1, -0.05) is 43.7 Å². The van der Waals surface area contributed by atoms with Crippen molar-refractivity contribution in [3.63, 3.8) is 0 Å². The fourth-order valence-electron chi connectivity index (χ4n) is 3.12. The maximum atomic E-state index is 12.1. The third-order valence-electron chi connectivity index (χ3n) is 4.09. The molecule has 0 bridgehead atoms. The molecule has 1 amide bonds. The highest BCUT2D eigenvalue weighted by Gasteiger charge is 2.24. The van der Waals surface area contributed by atoms with Crippen LogP contribution in [0.2, 0.25) is 0 Å². The number of benzene rings is 1. The van der Waals surface area contributed by atoms with Gasteiger partial charge in [0, 0.05) is 23.5 Å². The highest BCUT2D eigenvalue weighted by Crippen LogP contribution is 2.35. The summed E-state index contributed by atoms with van der Waals surface area (Å²) in [4.78, 5) is 12.1. The first-order valence-corrected chi connectivity index (χ1v) is 7.71. The second-order valence-electron chi connectivity index (χ2n) is 5.61. The van der Waals surface area contributed by atoms with Gasteiger partial charge in [-0.2, -0.15) is 0 Å². The van der Waals surface area contributed by atoms with Gasteiger partial charge in [0.05, 0.1) is 5.56 Å². The van der Waals surface area contributed by atoms with Crippen molar-refractivity contribution in [2.45, 2.75) is 40.2 Å². The van der Waals surface area contributed by atoms with E-state index in [4.69, 9.17) is 5.73 Å². The number of hydrogen-bond acceptors (Lipinski definition) is 1. The van der Waals surface area contributed by atoms with Crippen LogP contribution in [0.5, 0.6) is 0 Å². The minimum absolute atomic E-state index is 0.365. The number of primary amides is 1. The maximum absolute atomic E-state index is 12.1. The number of carbonyl (C=O) groups is 1. The van der Waals surface area contributed by atoms with Crippen LogP contribution in [0.1, 0.15) is 40.7 Å². The average molecular weight is 296 g/mol. The molecule has 0 saturated carbocycles. The molecule has 0 aliphatic carbocycles. The van der Waals surface area contributed by atoms with E-state index < -0.39 is 0 Å². The molecule has 3 nitrogen and oxygen atoms in total. The summed E-state index contributed by atoms with van der Waals surface area (Å²) in [7, 11) is 0. The zero-order chi connectivity index (χ0) is 16.3. The molecule has 2 N–H and O–H groups in total. The molecule has 3 heteroatoms. The van der Waals surface area contributed by atoms with Crippen molar-refractivity contribution >= 4 is 5.91 Å². The maximum Gasteiger partial charge on any atom is 0.251 e. The molecule has 0 aliphatic heterocycles. The Morgan fingerprint density at radius 3 is 2.55 bits per heavy atom. The quantitative estimate of drug-likeness (QED) is 0.804. The lowest BCUT2D eigenvalue weighted by Gasteiger charge is -2.12. The number of hydrogen-bond donors (Lipinski definition) is 1. The summed E-state index contributed by atoms with van der Waals surface area (Å²) in [6.45, 7) is 10.7. The summed E-state index contributed by atoms with van der Waals surface area (Å²) in [5.41, 5.74) is 11.7. The summed E-state index contributed by atoms with van der Waals surface area (Å²) in [6.07, 6.45) is 3.78. The third-order valence-corrected chi connectivity index (χ3v) is 4.09. The Morgan fingerprint density at radius 2 is 2.00 bits per heavy atom. The van der Waals surface area contributed by atoms with E-state index >= 15 is 0 Å². The molecule has 2 aromatic rings. The molecule has 116 valence electrons. The minimum Gasteiger partial charge on any atom is -0.366 e. The van der Waals surface area contributed by atoms with Crippen LogP contribution in [0.3, 0.4) is 0 Å². The van der Waals surface area contributed by atoms with Gasteiger partial charge in [-0.3, -0.25) is 4.79 Å². The Morgan fingerprint density at radius 1 is 1.32 bits per heavy atom. The van der Waals surface area contributed by atoms with Gasteiger partial charge < -0.3 is 10.3 Å². The Kier molecular flexibility index (Phi) is 4.86. The lowest BCUT2D eigenvalue weighted by atomic mass is 9.94. The molecule has 0 fully saturated rings. The van der Waals surface area contributed by atoms with E-state index in [1.807, 2.05) is 25.1 Å². The predicted octanol–water partition coefficient (Wildman–Crippen LogP) is 4.01. The molecule has 2 rings (SSSR count). The molecule has 1 aromatic heterocycles. The summed E-state index contributed by atoms with van der Waals surface area (Å²) in [6, 6.07) is 8.14. The molecular formula is C19H24N2O. The van der Waals surface area contributed by atoms with Crippen LogP contribution in [0.4, 0.5) is 0 Å². The fourth-order valence-corrected chi connectivity index (χ4v) is 3.12. The van der Waals surface area contributed by atoms with Crippen molar-refractivity contribution in [1.29, 1.82) is 0 Å². The van der Waals surface area contributed by atoms with E-state index in [1.54, 1.807) is 0 Å². The van der Waals surface area contributed by atoms with Crippen LogP contribution < -0.4 is 5.73 Å². The second-order valence-corrected chi connectivity index (χ2v) is 5.61. The largest absolute Gasteiger partial charge is 0.366 e. The zero-order valence-corrected chi connectivity index (χ0v) is 13.6. The summed E-state index contributed by atoms with van der Waals surface area (Å²) in [5.74, 6) is -0.365. The number of allylic oxidation sites excluding steroid dienone is 1. The fraction of sp³-hybridized carbons (Fsp3) is 0.316. The van der Waals surface area contributed by atoms with Gasteiger partial charge in [0.25, 0.3) is 5.91 Å². The van der Waals surface area contributed by atoms with Crippen molar-refractivity contribution in [3.05, 3.63) is 59.4 Å². The van der Waals surface area contributed by atoms with Crippen molar-refractivity contribution in [2.75, 3.05) is 0 Å². The van der Waals surface area contributed by atoms with E-state index in [-0.39, 0.29) is 5.91 Å². The molecule has 0 spiro atoms. The number of rotatable bonds is 6. The van der Waals surface area contributed by atoms with Crippen LogP contribution in [-0.4, -0.2) is 10.5 Å². The van der Waals surface area contributed by atoms with Gasteiger partial charge in [0.1, 0.15) is 0 Å². The molecular weight excluding hydrogens is 272 g/mol. The molecule has 0 saturated heterocycles. The number of nitrogens with two attached hydrogens (primary N) is 1. The van der Waals surface area contributed by atoms with E-state index in [0.717, 1.165) is 35.2 Å². The predicted molar refractivity (Wildman–Crippen MR) is 92.1 cm³/mol. The van der Waals surface area contributed by atoms with E-state index in [2.05, 4.69) is 37.1 Å². The van der Waals surface area contributed by atoms with Crippen molar-refractivity contribution in [2.24, 2.45) is 5.73 Å². The molecule has 1 aromatic carbocycles. The first-order chi connectivity index (χ1) is 10.5. The Labute approximate surface area is 132 Å².